The Morgan fingerprint density at radius 3 is 2.91 bits per heavy atom. The lowest BCUT2D eigenvalue weighted by Gasteiger charge is -2.37. The largest absolute Gasteiger partial charge is 0.375 e. The van der Waals surface area contributed by atoms with E-state index < -0.39 is 0 Å². The van der Waals surface area contributed by atoms with Gasteiger partial charge in [0.15, 0.2) is 11.8 Å². The van der Waals surface area contributed by atoms with Gasteiger partial charge in [0.05, 0.1) is 19.3 Å². The first-order chi connectivity index (χ1) is 10.8. The number of aromatic nitrogens is 2. The highest BCUT2D eigenvalue weighted by Gasteiger charge is 2.32. The van der Waals surface area contributed by atoms with Crippen molar-refractivity contribution in [3.63, 3.8) is 0 Å². The molecule has 8 nitrogen and oxygen atoms in total. The second-order valence-electron chi connectivity index (χ2n) is 5.54. The lowest BCUT2D eigenvalue weighted by molar-refractivity contribution is -0.0817. The molecule has 0 aromatic carbocycles. The summed E-state index contributed by atoms with van der Waals surface area (Å²) in [5.74, 6) is 2.02. The molecule has 3 heterocycles. The molecule has 0 amide bonds. The average Bonchev–Trinajstić information content (AvgIpc) is 3.20. The summed E-state index contributed by atoms with van der Waals surface area (Å²) in [5, 5.41) is 7.15. The predicted molar refractivity (Wildman–Crippen MR) is 79.5 cm³/mol. The molecule has 1 aromatic heterocycles. The van der Waals surface area contributed by atoms with E-state index >= 15 is 0 Å². The van der Waals surface area contributed by atoms with Crippen molar-refractivity contribution in [2.45, 2.75) is 38.5 Å². The van der Waals surface area contributed by atoms with Crippen LogP contribution in [0.3, 0.4) is 0 Å². The Morgan fingerprint density at radius 1 is 1.36 bits per heavy atom. The van der Waals surface area contributed by atoms with Crippen molar-refractivity contribution in [3.05, 3.63) is 11.7 Å². The number of hydrogen-bond donors (Lipinski definition) is 1. The molecule has 2 fully saturated rings. The van der Waals surface area contributed by atoms with Gasteiger partial charge in [0.25, 0.3) is 0 Å². The van der Waals surface area contributed by atoms with Crippen LogP contribution < -0.4 is 5.32 Å². The van der Waals surface area contributed by atoms with Crippen LogP contribution in [-0.4, -0.2) is 66.6 Å². The van der Waals surface area contributed by atoms with Crippen molar-refractivity contribution in [1.82, 2.24) is 20.4 Å². The maximum absolute atomic E-state index is 5.86. The number of guanidine groups is 1. The highest BCUT2D eigenvalue weighted by Crippen LogP contribution is 2.21. The van der Waals surface area contributed by atoms with Crippen LogP contribution >= 0.6 is 0 Å². The highest BCUT2D eigenvalue weighted by atomic mass is 16.5. The fourth-order valence-electron chi connectivity index (χ4n) is 2.89. The molecule has 0 spiro atoms. The Labute approximate surface area is 129 Å². The molecule has 0 radical (unpaired) electrons. The summed E-state index contributed by atoms with van der Waals surface area (Å²) in [6.45, 7) is 5.40. The number of hydrogen-bond acceptors (Lipinski definition) is 6. The molecule has 0 bridgehead atoms. The first-order valence-electron chi connectivity index (χ1n) is 7.74. The molecule has 2 unspecified atom stereocenters. The van der Waals surface area contributed by atoms with Crippen LogP contribution in [0.4, 0.5) is 0 Å². The summed E-state index contributed by atoms with van der Waals surface area (Å²) >= 11 is 0. The predicted octanol–water partition coefficient (Wildman–Crippen LogP) is 0.333. The number of nitrogens with zero attached hydrogens (tertiary/aromatic N) is 4. The van der Waals surface area contributed by atoms with Crippen LogP contribution in [0.1, 0.15) is 24.6 Å². The molecular weight excluding hydrogens is 286 g/mol. The molecule has 2 aliphatic rings. The molecule has 22 heavy (non-hydrogen) atoms. The zero-order chi connectivity index (χ0) is 15.4. The minimum absolute atomic E-state index is 0.113. The van der Waals surface area contributed by atoms with Crippen molar-refractivity contribution in [1.29, 1.82) is 0 Å². The maximum Gasteiger partial charge on any atom is 0.223 e. The third kappa shape index (κ3) is 3.56. The van der Waals surface area contributed by atoms with E-state index in [9.17, 15) is 0 Å². The topological polar surface area (TPSA) is 85.0 Å². The fourth-order valence-corrected chi connectivity index (χ4v) is 2.89. The SMILES string of the molecule is CN=C(NCc1noc(C)n1)N1CCOC(C2CCCO2)C1. The third-order valence-corrected chi connectivity index (χ3v) is 3.96. The number of morpholine rings is 1. The molecule has 0 saturated carbocycles. The molecule has 2 saturated heterocycles. The van der Waals surface area contributed by atoms with Gasteiger partial charge < -0.3 is 24.2 Å². The van der Waals surface area contributed by atoms with Gasteiger partial charge in [0.1, 0.15) is 6.10 Å². The van der Waals surface area contributed by atoms with E-state index in [1.54, 1.807) is 14.0 Å². The average molecular weight is 309 g/mol. The van der Waals surface area contributed by atoms with E-state index in [0.29, 0.717) is 24.9 Å². The van der Waals surface area contributed by atoms with Crippen molar-refractivity contribution < 1.29 is 14.0 Å². The number of ether oxygens (including phenoxy) is 2. The molecule has 8 heteroatoms. The number of aryl methyl sites for hydroxylation is 1. The Kier molecular flexibility index (Phi) is 4.89. The monoisotopic (exact) mass is 309 g/mol. The zero-order valence-electron chi connectivity index (χ0n) is 13.1. The third-order valence-electron chi connectivity index (χ3n) is 3.96. The maximum atomic E-state index is 5.86. The summed E-state index contributed by atoms with van der Waals surface area (Å²) in [4.78, 5) is 10.7. The van der Waals surface area contributed by atoms with E-state index in [2.05, 4.69) is 25.3 Å². The van der Waals surface area contributed by atoms with Gasteiger partial charge in [-0.05, 0) is 12.8 Å². The van der Waals surface area contributed by atoms with E-state index in [4.69, 9.17) is 14.0 Å². The van der Waals surface area contributed by atoms with E-state index in [0.717, 1.165) is 38.5 Å². The van der Waals surface area contributed by atoms with E-state index in [1.807, 2.05) is 0 Å². The van der Waals surface area contributed by atoms with Gasteiger partial charge in [-0.2, -0.15) is 4.98 Å². The second-order valence-corrected chi connectivity index (χ2v) is 5.54. The number of nitrogens with one attached hydrogen (secondary N) is 1. The van der Waals surface area contributed by atoms with Crippen LogP contribution in [0.25, 0.3) is 0 Å². The normalized spacial score (nSPS) is 26.5. The van der Waals surface area contributed by atoms with Crippen LogP contribution in [0.2, 0.25) is 0 Å². The van der Waals surface area contributed by atoms with Gasteiger partial charge in [0, 0.05) is 33.7 Å². The van der Waals surface area contributed by atoms with Gasteiger partial charge in [-0.15, -0.1) is 0 Å². The van der Waals surface area contributed by atoms with Crippen molar-refractivity contribution in [2.75, 3.05) is 33.4 Å². The zero-order valence-corrected chi connectivity index (χ0v) is 13.1. The molecule has 1 aromatic rings. The van der Waals surface area contributed by atoms with Crippen LogP contribution in [0.5, 0.6) is 0 Å². The Bertz CT molecular complexity index is 512. The minimum Gasteiger partial charge on any atom is -0.375 e. The summed E-state index contributed by atoms with van der Waals surface area (Å²) in [5.41, 5.74) is 0. The van der Waals surface area contributed by atoms with Crippen LogP contribution in [0.15, 0.2) is 9.52 Å². The molecule has 2 aliphatic heterocycles. The Hall–Kier alpha value is -1.67. The van der Waals surface area contributed by atoms with Crippen molar-refractivity contribution in [2.24, 2.45) is 4.99 Å². The smallest absolute Gasteiger partial charge is 0.223 e. The number of rotatable bonds is 3. The summed E-state index contributed by atoms with van der Waals surface area (Å²) < 4.78 is 16.6. The Morgan fingerprint density at radius 2 is 2.23 bits per heavy atom. The lowest BCUT2D eigenvalue weighted by Crippen LogP contribution is -2.53. The first kappa shape index (κ1) is 15.2. The van der Waals surface area contributed by atoms with Crippen molar-refractivity contribution >= 4 is 5.96 Å². The molecule has 1 N–H and O–H groups in total. The van der Waals surface area contributed by atoms with Crippen LogP contribution in [-0.2, 0) is 16.0 Å². The molecule has 2 atom stereocenters. The van der Waals surface area contributed by atoms with Gasteiger partial charge in [-0.1, -0.05) is 5.16 Å². The van der Waals surface area contributed by atoms with E-state index in [1.165, 1.54) is 0 Å². The molecule has 0 aliphatic carbocycles. The summed E-state index contributed by atoms with van der Waals surface area (Å²) in [6.07, 6.45) is 2.52. The van der Waals surface area contributed by atoms with Gasteiger partial charge in [-0.25, -0.2) is 0 Å². The van der Waals surface area contributed by atoms with Crippen molar-refractivity contribution in [3.8, 4) is 0 Å². The van der Waals surface area contributed by atoms with E-state index in [-0.39, 0.29) is 12.2 Å². The second kappa shape index (κ2) is 7.06. The first-order valence-corrected chi connectivity index (χ1v) is 7.74. The molecule has 3 rings (SSSR count). The molecule has 122 valence electrons. The summed E-state index contributed by atoms with van der Waals surface area (Å²) in [6, 6.07) is 0. The van der Waals surface area contributed by atoms with Crippen LogP contribution in [0, 0.1) is 6.92 Å². The summed E-state index contributed by atoms with van der Waals surface area (Å²) in [7, 11) is 1.78. The van der Waals surface area contributed by atoms with Gasteiger partial charge in [0.2, 0.25) is 5.89 Å². The Balaban J connectivity index is 1.55. The molecular formula is C14H23N5O3. The van der Waals surface area contributed by atoms with Gasteiger partial charge >= 0.3 is 0 Å². The standard InChI is InChI=1S/C14H23N5O3/c1-10-17-13(18-22-10)8-16-14(15-2)19-5-7-21-12(9-19)11-4-3-6-20-11/h11-12H,3-9H2,1-2H3,(H,15,16). The lowest BCUT2D eigenvalue weighted by atomic mass is 10.1. The minimum atomic E-state index is 0.113. The fraction of sp³-hybridized carbons (Fsp3) is 0.786. The number of aliphatic imine (C=N–C) groups is 1. The quantitative estimate of drug-likeness (QED) is 0.636. The highest BCUT2D eigenvalue weighted by molar-refractivity contribution is 5.79. The van der Waals surface area contributed by atoms with Gasteiger partial charge in [-0.3, -0.25) is 4.99 Å².